The molecule has 5 nitrogen and oxygen atoms in total. The minimum absolute atomic E-state index is 0.381. The number of hydrogen-bond donors (Lipinski definition) is 0. The molecule has 0 aliphatic carbocycles. The van der Waals surface area contributed by atoms with Crippen LogP contribution in [-0.4, -0.2) is 33.1 Å². The van der Waals surface area contributed by atoms with E-state index in [4.69, 9.17) is 0 Å². The monoisotopic (exact) mass is 257 g/mol. The average Bonchev–Trinajstić information content (AvgIpc) is 2.94. The molecule has 2 aromatic heterocycles. The molecule has 0 N–H and O–H groups in total. The molecule has 0 saturated carbocycles. The molecule has 0 unspecified atom stereocenters. The van der Waals surface area contributed by atoms with Crippen molar-refractivity contribution in [3.8, 4) is 0 Å². The second kappa shape index (κ2) is 3.78. The van der Waals surface area contributed by atoms with Gasteiger partial charge >= 0.3 is 0 Å². The molecule has 0 radical (unpaired) electrons. The predicted octanol–water partition coefficient (Wildman–Crippen LogP) is 1.95. The average molecular weight is 257 g/mol. The molecule has 1 saturated heterocycles. The van der Waals surface area contributed by atoms with Crippen LogP contribution in [0.3, 0.4) is 0 Å². The van der Waals surface area contributed by atoms with E-state index in [1.54, 1.807) is 28.5 Å². The van der Waals surface area contributed by atoms with Crippen molar-refractivity contribution in [1.82, 2.24) is 20.0 Å². The van der Waals surface area contributed by atoms with E-state index < -0.39 is 0 Å². The van der Waals surface area contributed by atoms with Gasteiger partial charge in [0.2, 0.25) is 0 Å². The van der Waals surface area contributed by atoms with Gasteiger partial charge in [-0.15, -0.1) is 0 Å². The quantitative estimate of drug-likeness (QED) is 0.704. The van der Waals surface area contributed by atoms with E-state index in [0.717, 1.165) is 23.7 Å². The fourth-order valence-electron chi connectivity index (χ4n) is 2.17. The van der Waals surface area contributed by atoms with Gasteiger partial charge in [-0.3, -0.25) is 0 Å². The Bertz CT molecular complexity index is 636. The summed E-state index contributed by atoms with van der Waals surface area (Å²) in [6.45, 7) is 1.88. The Morgan fingerprint density at radius 2 is 1.89 bits per heavy atom. The molecule has 0 atom stereocenters. The molecule has 0 amide bonds. The minimum atomic E-state index is 0.381. The van der Waals surface area contributed by atoms with Crippen LogP contribution in [0.5, 0.6) is 0 Å². The van der Waals surface area contributed by atoms with Gasteiger partial charge in [-0.05, 0) is 12.1 Å². The standard InChI is InChI=1S/C12H11N5S/c1-2-4-11-10(3-1)15-12(18-11)16-7-9(8-16)17-13-5-6-14-17/h1-6,9H,7-8H2. The zero-order chi connectivity index (χ0) is 11.9. The molecule has 3 heterocycles. The van der Waals surface area contributed by atoms with E-state index >= 15 is 0 Å². The molecule has 1 fully saturated rings. The zero-order valence-electron chi connectivity index (χ0n) is 9.60. The van der Waals surface area contributed by atoms with Crippen LogP contribution in [0.4, 0.5) is 5.13 Å². The Balaban J connectivity index is 1.56. The van der Waals surface area contributed by atoms with Crippen molar-refractivity contribution in [2.24, 2.45) is 0 Å². The van der Waals surface area contributed by atoms with Crippen LogP contribution >= 0.6 is 11.3 Å². The van der Waals surface area contributed by atoms with E-state index in [1.165, 1.54) is 4.70 Å². The highest BCUT2D eigenvalue weighted by Gasteiger charge is 2.31. The van der Waals surface area contributed by atoms with Crippen molar-refractivity contribution < 1.29 is 0 Å². The maximum absolute atomic E-state index is 4.64. The van der Waals surface area contributed by atoms with Gasteiger partial charge in [0.05, 0.1) is 22.6 Å². The summed E-state index contributed by atoms with van der Waals surface area (Å²) < 4.78 is 1.24. The SMILES string of the molecule is c1ccc2sc(N3CC(n4nccn4)C3)nc2c1. The third kappa shape index (κ3) is 1.49. The van der Waals surface area contributed by atoms with Crippen molar-refractivity contribution in [2.45, 2.75) is 6.04 Å². The van der Waals surface area contributed by atoms with Gasteiger partial charge in [0.25, 0.3) is 0 Å². The number of rotatable bonds is 2. The molecule has 1 aliphatic rings. The van der Waals surface area contributed by atoms with Gasteiger partial charge in [0.1, 0.15) is 6.04 Å². The molecule has 0 spiro atoms. The summed E-state index contributed by atoms with van der Waals surface area (Å²) in [5.41, 5.74) is 1.08. The Morgan fingerprint density at radius 3 is 2.67 bits per heavy atom. The number of benzene rings is 1. The lowest BCUT2D eigenvalue weighted by Gasteiger charge is -2.37. The molecule has 3 aromatic rings. The molecule has 1 aliphatic heterocycles. The fraction of sp³-hybridized carbons (Fsp3) is 0.250. The van der Waals surface area contributed by atoms with Crippen molar-refractivity contribution in [3.63, 3.8) is 0 Å². The molecule has 4 rings (SSSR count). The first-order valence-electron chi connectivity index (χ1n) is 5.86. The molecular weight excluding hydrogens is 246 g/mol. The van der Waals surface area contributed by atoms with Crippen molar-refractivity contribution in [3.05, 3.63) is 36.7 Å². The summed E-state index contributed by atoms with van der Waals surface area (Å²) in [6.07, 6.45) is 3.45. The van der Waals surface area contributed by atoms with E-state index in [-0.39, 0.29) is 0 Å². The number of hydrogen-bond acceptors (Lipinski definition) is 5. The molecule has 6 heteroatoms. The van der Waals surface area contributed by atoms with Crippen LogP contribution < -0.4 is 4.90 Å². The van der Waals surface area contributed by atoms with E-state index in [9.17, 15) is 0 Å². The first-order valence-corrected chi connectivity index (χ1v) is 6.68. The van der Waals surface area contributed by atoms with Gasteiger partial charge in [-0.25, -0.2) is 4.98 Å². The van der Waals surface area contributed by atoms with Crippen molar-refractivity contribution >= 4 is 26.7 Å². The summed E-state index contributed by atoms with van der Waals surface area (Å²) >= 11 is 1.75. The highest BCUT2D eigenvalue weighted by atomic mass is 32.1. The van der Waals surface area contributed by atoms with Gasteiger partial charge in [-0.2, -0.15) is 15.0 Å². The Morgan fingerprint density at radius 1 is 1.11 bits per heavy atom. The van der Waals surface area contributed by atoms with Gasteiger partial charge < -0.3 is 4.90 Å². The smallest absolute Gasteiger partial charge is 0.186 e. The highest BCUT2D eigenvalue weighted by molar-refractivity contribution is 7.22. The molecular formula is C12H11N5S. The fourth-order valence-corrected chi connectivity index (χ4v) is 3.15. The van der Waals surface area contributed by atoms with Crippen LogP contribution in [0.1, 0.15) is 6.04 Å². The summed E-state index contributed by atoms with van der Waals surface area (Å²) in [5.74, 6) is 0. The van der Waals surface area contributed by atoms with Crippen molar-refractivity contribution in [1.29, 1.82) is 0 Å². The number of thiazole rings is 1. The lowest BCUT2D eigenvalue weighted by molar-refractivity contribution is 0.332. The van der Waals surface area contributed by atoms with E-state index in [0.29, 0.717) is 6.04 Å². The number of anilines is 1. The number of nitrogens with zero attached hydrogens (tertiary/aromatic N) is 5. The van der Waals surface area contributed by atoms with Gasteiger partial charge in [-0.1, -0.05) is 23.5 Å². The lowest BCUT2D eigenvalue weighted by Crippen LogP contribution is -2.48. The minimum Gasteiger partial charge on any atom is -0.343 e. The van der Waals surface area contributed by atoms with Crippen LogP contribution in [-0.2, 0) is 0 Å². The summed E-state index contributed by atoms with van der Waals surface area (Å²) in [7, 11) is 0. The topological polar surface area (TPSA) is 46.8 Å². The maximum atomic E-state index is 4.64. The van der Waals surface area contributed by atoms with Crippen LogP contribution in [0.25, 0.3) is 10.2 Å². The van der Waals surface area contributed by atoms with Crippen LogP contribution in [0.2, 0.25) is 0 Å². The Hall–Kier alpha value is -1.95. The Labute approximate surface area is 108 Å². The summed E-state index contributed by atoms with van der Waals surface area (Å²) in [4.78, 5) is 8.70. The summed E-state index contributed by atoms with van der Waals surface area (Å²) in [5, 5.41) is 9.44. The predicted molar refractivity (Wildman–Crippen MR) is 70.9 cm³/mol. The maximum Gasteiger partial charge on any atom is 0.186 e. The third-order valence-corrected chi connectivity index (χ3v) is 4.28. The van der Waals surface area contributed by atoms with Crippen molar-refractivity contribution in [2.75, 3.05) is 18.0 Å². The first kappa shape index (κ1) is 10.0. The third-order valence-electron chi connectivity index (χ3n) is 3.18. The van der Waals surface area contributed by atoms with Crippen LogP contribution in [0.15, 0.2) is 36.7 Å². The number of para-hydroxylation sites is 1. The first-order chi connectivity index (χ1) is 8.90. The molecule has 0 bridgehead atoms. The normalized spacial score (nSPS) is 16.1. The zero-order valence-corrected chi connectivity index (χ0v) is 10.4. The lowest BCUT2D eigenvalue weighted by atomic mass is 10.1. The second-order valence-electron chi connectivity index (χ2n) is 4.37. The van der Waals surface area contributed by atoms with Gasteiger partial charge in [0.15, 0.2) is 5.13 Å². The van der Waals surface area contributed by atoms with Crippen LogP contribution in [0, 0.1) is 0 Å². The summed E-state index contributed by atoms with van der Waals surface area (Å²) in [6, 6.07) is 8.63. The Kier molecular flexibility index (Phi) is 2.10. The number of aromatic nitrogens is 4. The second-order valence-corrected chi connectivity index (χ2v) is 5.38. The molecule has 90 valence electrons. The van der Waals surface area contributed by atoms with E-state index in [2.05, 4.69) is 38.3 Å². The van der Waals surface area contributed by atoms with Gasteiger partial charge in [0, 0.05) is 13.1 Å². The molecule has 18 heavy (non-hydrogen) atoms. The molecule has 1 aromatic carbocycles. The number of fused-ring (bicyclic) bond motifs is 1. The highest BCUT2D eigenvalue weighted by Crippen LogP contribution is 2.33. The largest absolute Gasteiger partial charge is 0.343 e. The van der Waals surface area contributed by atoms with E-state index in [1.807, 2.05) is 6.07 Å².